The first-order valence-corrected chi connectivity index (χ1v) is 30.9. The average Bonchev–Trinajstić information content (AvgIpc) is 1.62. The smallest absolute Gasteiger partial charge is 0.248 e. The van der Waals surface area contributed by atoms with Crippen LogP contribution in [0.5, 0.6) is 0 Å². The highest BCUT2D eigenvalue weighted by Gasteiger charge is 2.24. The molecule has 0 radical (unpaired) electrons. The summed E-state index contributed by atoms with van der Waals surface area (Å²) >= 11 is 0. The molecule has 13 aromatic rings. The van der Waals surface area contributed by atoms with Gasteiger partial charge in [-0.3, -0.25) is 0 Å². The summed E-state index contributed by atoms with van der Waals surface area (Å²) in [7, 11) is 0. The maximum absolute atomic E-state index is 6.27. The summed E-state index contributed by atoms with van der Waals surface area (Å²) in [6, 6.07) is 98.1. The van der Waals surface area contributed by atoms with Crippen LogP contribution < -0.4 is 4.90 Å². The summed E-state index contributed by atoms with van der Waals surface area (Å²) in [6.07, 6.45) is 3.09. The topological polar surface area (TPSA) is 47.1 Å². The van der Waals surface area contributed by atoms with Gasteiger partial charge in [-0.05, 0) is 197 Å². The molecular weight excluding hydrogens is 1130 g/mol. The van der Waals surface area contributed by atoms with Crippen molar-refractivity contribution in [3.05, 3.63) is 300 Å². The molecule has 0 saturated carbocycles. The molecule has 13 rings (SSSR count). The number of rotatable bonds is 17. The maximum Gasteiger partial charge on any atom is 0.248 e. The fraction of sp³-hybridized carbons (Fsp3) is 0.227. The van der Waals surface area contributed by atoms with Crippen LogP contribution >= 0.6 is 0 Å². The van der Waals surface area contributed by atoms with E-state index in [9.17, 15) is 0 Å². The fourth-order valence-electron chi connectivity index (χ4n) is 12.8. The van der Waals surface area contributed by atoms with Gasteiger partial charge >= 0.3 is 0 Å². The number of benzene rings is 11. The number of aryl methyl sites for hydroxylation is 2. The molecule has 0 N–H and O–H groups in total. The van der Waals surface area contributed by atoms with E-state index in [2.05, 4.69) is 329 Å². The van der Waals surface area contributed by atoms with Crippen LogP contribution in [0.1, 0.15) is 150 Å². The molecule has 0 spiro atoms. The van der Waals surface area contributed by atoms with Crippen LogP contribution in [0.15, 0.2) is 271 Å². The highest BCUT2D eigenvalue weighted by molar-refractivity contribution is 6.09. The van der Waals surface area contributed by atoms with Crippen molar-refractivity contribution < 1.29 is 4.42 Å². The second-order valence-corrected chi connectivity index (χ2v) is 24.8. The molecule has 5 nitrogen and oxygen atoms in total. The number of hydrogen-bond acceptors (Lipinski definition) is 4. The van der Waals surface area contributed by atoms with Gasteiger partial charge in [-0.1, -0.05) is 272 Å². The van der Waals surface area contributed by atoms with Crippen molar-refractivity contribution in [3.63, 3.8) is 0 Å². The number of para-hydroxylation sites is 2. The summed E-state index contributed by atoms with van der Waals surface area (Å²) in [6.45, 7) is 15.7. The Morgan fingerprint density at radius 2 is 0.774 bits per heavy atom. The van der Waals surface area contributed by atoms with E-state index in [-0.39, 0.29) is 50.0 Å². The van der Waals surface area contributed by atoms with Crippen LogP contribution in [-0.4, -0.2) is 14.8 Å². The van der Waals surface area contributed by atoms with Gasteiger partial charge in [0, 0.05) is 44.6 Å². The van der Waals surface area contributed by atoms with Gasteiger partial charge in [-0.2, -0.15) is 0 Å². The predicted octanol–water partition coefficient (Wildman–Crippen LogP) is 26.6. The van der Waals surface area contributed by atoms with Crippen LogP contribution in [0, 0.1) is 13.8 Å². The lowest BCUT2D eigenvalue weighted by atomic mass is 9.78. The molecule has 11 aromatic carbocycles. The van der Waals surface area contributed by atoms with E-state index < -0.39 is 0 Å². The summed E-state index contributed by atoms with van der Waals surface area (Å²) in [5.74, 6) is 2.04. The van der Waals surface area contributed by atoms with Gasteiger partial charge in [0.15, 0.2) is 0 Å². The van der Waals surface area contributed by atoms with Gasteiger partial charge in [0.1, 0.15) is 0 Å². The van der Waals surface area contributed by atoms with Gasteiger partial charge in [-0.15, -0.1) is 10.2 Å². The second-order valence-electron chi connectivity index (χ2n) is 24.8. The standard InChI is InChI=1S/C82H74N4O.6CH4/c1-8-58(60-28-32-65(33-29-60)68-14-13-15-69(54-68)81-84-83-80(87-81)67-36-42-71(43-37-67)82(5,6)7)53-70(66-34-30-62(31-35-66)63-38-48-74(49-39-63)85(72-44-20-55(2)21-45-72)73-46-22-56(3)23-47-73)52-57(4)59-24-26-61(27-25-59)64-40-50-75(51-41-64)86-78-18-11-9-16-76(78)77-17-10-12-19-79(77)86;;;;;;/h9-51,54,57-58,70H,8,52-53H2,1-7H3;6*1H4. The van der Waals surface area contributed by atoms with Crippen molar-refractivity contribution in [2.24, 2.45) is 0 Å². The molecule has 93 heavy (non-hydrogen) atoms. The molecule has 0 aliphatic carbocycles. The minimum Gasteiger partial charge on any atom is -0.416 e. The first-order valence-electron chi connectivity index (χ1n) is 30.9. The van der Waals surface area contributed by atoms with Gasteiger partial charge in [0.25, 0.3) is 0 Å². The maximum atomic E-state index is 6.27. The molecule has 0 fully saturated rings. The van der Waals surface area contributed by atoms with E-state index in [4.69, 9.17) is 4.42 Å². The molecule has 0 aliphatic heterocycles. The Labute approximate surface area is 557 Å². The molecule has 3 atom stereocenters. The number of hydrogen-bond donors (Lipinski definition) is 0. The Bertz CT molecular complexity index is 4360. The minimum absolute atomic E-state index is 0. The van der Waals surface area contributed by atoms with E-state index >= 15 is 0 Å². The average molecular weight is 1230 g/mol. The van der Waals surface area contributed by atoms with Crippen molar-refractivity contribution >= 4 is 38.9 Å². The van der Waals surface area contributed by atoms with E-state index in [1.54, 1.807) is 0 Å². The number of fused-ring (bicyclic) bond motifs is 3. The van der Waals surface area contributed by atoms with Crippen molar-refractivity contribution in [1.82, 2.24) is 14.8 Å². The van der Waals surface area contributed by atoms with Crippen molar-refractivity contribution in [1.29, 1.82) is 0 Å². The van der Waals surface area contributed by atoms with Crippen LogP contribution in [-0.2, 0) is 5.41 Å². The molecule has 5 heteroatoms. The summed E-state index contributed by atoms with van der Waals surface area (Å²) in [5, 5.41) is 11.5. The zero-order chi connectivity index (χ0) is 59.6. The number of nitrogens with zero attached hydrogens (tertiary/aromatic N) is 4. The molecule has 0 aliphatic rings. The third-order valence-electron chi connectivity index (χ3n) is 17.9. The lowest BCUT2D eigenvalue weighted by Gasteiger charge is -2.27. The van der Waals surface area contributed by atoms with Crippen LogP contribution in [0.4, 0.5) is 17.1 Å². The molecule has 0 amide bonds. The Hall–Kier alpha value is -9.84. The molecule has 0 saturated heterocycles. The van der Waals surface area contributed by atoms with Crippen LogP contribution in [0.3, 0.4) is 0 Å². The summed E-state index contributed by atoms with van der Waals surface area (Å²) < 4.78 is 8.66. The van der Waals surface area contributed by atoms with Crippen LogP contribution in [0.25, 0.3) is 83.8 Å². The second kappa shape index (κ2) is 30.5. The third-order valence-corrected chi connectivity index (χ3v) is 17.9. The first kappa shape index (κ1) is 70.6. The predicted molar refractivity (Wildman–Crippen MR) is 405 cm³/mol. The molecule has 2 aromatic heterocycles. The quantitative estimate of drug-likeness (QED) is 0.0911. The zero-order valence-corrected chi connectivity index (χ0v) is 51.0. The minimum atomic E-state index is 0. The van der Waals surface area contributed by atoms with Crippen molar-refractivity contribution in [2.45, 2.75) is 135 Å². The van der Waals surface area contributed by atoms with Gasteiger partial charge in [-0.25, -0.2) is 0 Å². The first-order chi connectivity index (χ1) is 42.4. The van der Waals surface area contributed by atoms with Crippen LogP contribution in [0.2, 0.25) is 0 Å². The lowest BCUT2D eigenvalue weighted by molar-refractivity contribution is 0.467. The highest BCUT2D eigenvalue weighted by Crippen LogP contribution is 2.42. The van der Waals surface area contributed by atoms with E-state index in [1.165, 1.54) is 77.4 Å². The fourth-order valence-corrected chi connectivity index (χ4v) is 12.8. The highest BCUT2D eigenvalue weighted by atomic mass is 16.4. The molecule has 0 bridgehead atoms. The largest absolute Gasteiger partial charge is 0.416 e. The Morgan fingerprint density at radius 3 is 1.25 bits per heavy atom. The van der Waals surface area contributed by atoms with E-state index in [0.29, 0.717) is 29.5 Å². The summed E-state index contributed by atoms with van der Waals surface area (Å²) in [4.78, 5) is 2.34. The molecule has 2 heterocycles. The van der Waals surface area contributed by atoms with E-state index in [0.717, 1.165) is 64.3 Å². The Morgan fingerprint density at radius 1 is 0.387 bits per heavy atom. The SMILES string of the molecule is C.C.C.C.C.C.CCC(CC(CC(C)c1ccc(-c2ccc(-n3c4ccccc4c4ccccc43)cc2)cc1)c1ccc(-c2ccc(N(c3ccc(C)cc3)c3ccc(C)cc3)cc2)cc1)c1ccc(-c2cccc(-c3nnc(-c4ccc(C(C)(C)C)cc4)o3)c2)cc1. The third kappa shape index (κ3) is 15.1. The van der Waals surface area contributed by atoms with Gasteiger partial charge < -0.3 is 13.9 Å². The van der Waals surface area contributed by atoms with Crippen molar-refractivity contribution in [2.75, 3.05) is 4.90 Å². The lowest BCUT2D eigenvalue weighted by Crippen LogP contribution is -2.10. The summed E-state index contributed by atoms with van der Waals surface area (Å²) in [5.41, 5.74) is 23.9. The van der Waals surface area contributed by atoms with Gasteiger partial charge in [0.05, 0.1) is 11.0 Å². The van der Waals surface area contributed by atoms with E-state index in [1.807, 2.05) is 6.07 Å². The number of aromatic nitrogens is 3. The normalized spacial score (nSPS) is 11.9. The Balaban J connectivity index is 0.00000204. The molecule has 476 valence electrons. The zero-order valence-electron chi connectivity index (χ0n) is 51.0. The number of anilines is 3. The monoisotopic (exact) mass is 1230 g/mol. The van der Waals surface area contributed by atoms with Crippen molar-refractivity contribution in [3.8, 4) is 62.0 Å². The molecular formula is C88H98N4O. The van der Waals surface area contributed by atoms with Gasteiger partial charge in [0.2, 0.25) is 11.8 Å². The molecule has 3 unspecified atom stereocenters. The Kier molecular flexibility index (Phi) is 23.2.